The molecule has 0 amide bonds. The van der Waals surface area contributed by atoms with E-state index in [0.717, 1.165) is 11.6 Å². The van der Waals surface area contributed by atoms with Crippen LogP contribution in [-0.4, -0.2) is 28.2 Å². The monoisotopic (exact) mass is 169 g/mol. The Morgan fingerprint density at radius 3 is 2.92 bits per heavy atom. The van der Waals surface area contributed by atoms with Crippen molar-refractivity contribution in [1.29, 1.82) is 0 Å². The Kier molecular flexibility index (Phi) is 3.10. The number of aliphatic hydroxyl groups is 1. The predicted molar refractivity (Wildman–Crippen MR) is 48.3 cm³/mol. The summed E-state index contributed by atoms with van der Waals surface area (Å²) >= 11 is 0. The van der Waals surface area contributed by atoms with Crippen LogP contribution in [0.15, 0.2) is 6.20 Å². The molecule has 0 aliphatic carbocycles. The number of nitrogens with zero attached hydrogens (tertiary/aromatic N) is 1. The molecule has 0 atom stereocenters. The summed E-state index contributed by atoms with van der Waals surface area (Å²) in [5.74, 6) is 1.19. The molecule has 0 aliphatic heterocycles. The lowest BCUT2D eigenvalue weighted by Gasteiger charge is -2.00. The lowest BCUT2D eigenvalue weighted by Crippen LogP contribution is -2.06. The summed E-state index contributed by atoms with van der Waals surface area (Å²) in [5, 5.41) is 11.5. The summed E-state index contributed by atoms with van der Waals surface area (Å²) in [6, 6.07) is 0. The van der Waals surface area contributed by atoms with Gasteiger partial charge in [0, 0.05) is 12.2 Å². The van der Waals surface area contributed by atoms with E-state index >= 15 is 0 Å². The smallest absolute Gasteiger partial charge is 0.200 e. The fraction of sp³-hybridized carbons (Fsp3) is 0.625. The average Bonchev–Trinajstić information content (AvgIpc) is 2.48. The second-order valence-electron chi connectivity index (χ2n) is 2.99. The number of aromatic amines is 1. The first kappa shape index (κ1) is 9.06. The summed E-state index contributed by atoms with van der Waals surface area (Å²) in [5.41, 5.74) is 1.11. The van der Waals surface area contributed by atoms with Crippen LogP contribution in [0.3, 0.4) is 0 Å². The molecular formula is C8H15N3O. The van der Waals surface area contributed by atoms with Crippen LogP contribution in [0.2, 0.25) is 0 Å². The molecule has 1 rings (SSSR count). The van der Waals surface area contributed by atoms with Gasteiger partial charge in [-0.3, -0.25) is 0 Å². The Bertz CT molecular complexity index is 232. The third-order valence-electron chi connectivity index (χ3n) is 1.62. The lowest BCUT2D eigenvalue weighted by molar-refractivity contribution is 0.311. The summed E-state index contributed by atoms with van der Waals surface area (Å²) < 4.78 is 0. The first-order valence-corrected chi connectivity index (χ1v) is 4.13. The number of rotatable bonds is 4. The highest BCUT2D eigenvalue weighted by Crippen LogP contribution is 2.12. The Balaban J connectivity index is 2.52. The Morgan fingerprint density at radius 2 is 2.42 bits per heavy atom. The number of aliphatic hydroxyl groups excluding tert-OH is 1. The van der Waals surface area contributed by atoms with Gasteiger partial charge in [-0.2, -0.15) is 0 Å². The number of hydrogen-bond donors (Lipinski definition) is 3. The van der Waals surface area contributed by atoms with Crippen LogP contribution in [0.4, 0.5) is 5.95 Å². The van der Waals surface area contributed by atoms with Gasteiger partial charge in [0.25, 0.3) is 0 Å². The van der Waals surface area contributed by atoms with E-state index in [1.54, 1.807) is 0 Å². The molecule has 1 aromatic heterocycles. The van der Waals surface area contributed by atoms with Gasteiger partial charge in [-0.1, -0.05) is 13.8 Å². The first-order valence-electron chi connectivity index (χ1n) is 4.13. The average molecular weight is 169 g/mol. The quantitative estimate of drug-likeness (QED) is 0.628. The molecule has 0 aromatic carbocycles. The zero-order valence-electron chi connectivity index (χ0n) is 7.46. The number of aromatic nitrogens is 2. The minimum atomic E-state index is 0.123. The fourth-order valence-corrected chi connectivity index (χ4v) is 0.893. The Hall–Kier alpha value is -1.03. The van der Waals surface area contributed by atoms with Gasteiger partial charge in [0.2, 0.25) is 0 Å². The van der Waals surface area contributed by atoms with E-state index in [9.17, 15) is 0 Å². The minimum absolute atomic E-state index is 0.123. The van der Waals surface area contributed by atoms with Crippen LogP contribution in [-0.2, 0) is 0 Å². The normalized spacial score (nSPS) is 10.7. The van der Waals surface area contributed by atoms with E-state index in [1.807, 2.05) is 6.20 Å². The molecule has 1 heterocycles. The van der Waals surface area contributed by atoms with Crippen LogP contribution < -0.4 is 5.32 Å². The second-order valence-corrected chi connectivity index (χ2v) is 2.99. The van der Waals surface area contributed by atoms with Gasteiger partial charge in [-0.05, 0) is 5.92 Å². The molecule has 68 valence electrons. The molecule has 0 fully saturated rings. The van der Waals surface area contributed by atoms with Gasteiger partial charge < -0.3 is 15.4 Å². The zero-order valence-corrected chi connectivity index (χ0v) is 7.46. The molecule has 0 aliphatic rings. The van der Waals surface area contributed by atoms with Crippen molar-refractivity contribution in [3.63, 3.8) is 0 Å². The van der Waals surface area contributed by atoms with Crippen molar-refractivity contribution >= 4 is 5.95 Å². The van der Waals surface area contributed by atoms with Crippen LogP contribution >= 0.6 is 0 Å². The molecule has 0 spiro atoms. The maximum absolute atomic E-state index is 8.54. The molecule has 12 heavy (non-hydrogen) atoms. The van der Waals surface area contributed by atoms with Gasteiger partial charge in [0.1, 0.15) is 0 Å². The molecule has 3 N–H and O–H groups in total. The number of anilines is 1. The molecule has 0 saturated carbocycles. The largest absolute Gasteiger partial charge is 0.395 e. The van der Waals surface area contributed by atoms with Gasteiger partial charge in [-0.25, -0.2) is 4.98 Å². The topological polar surface area (TPSA) is 60.9 Å². The van der Waals surface area contributed by atoms with E-state index in [-0.39, 0.29) is 6.61 Å². The number of H-pyrrole nitrogens is 1. The Morgan fingerprint density at radius 1 is 1.67 bits per heavy atom. The number of imidazole rings is 1. The second kappa shape index (κ2) is 4.11. The SMILES string of the molecule is CC(C)c1cnc(NCCO)[nH]1. The van der Waals surface area contributed by atoms with E-state index in [1.165, 1.54) is 0 Å². The molecule has 4 nitrogen and oxygen atoms in total. The maximum atomic E-state index is 8.54. The van der Waals surface area contributed by atoms with Crippen molar-refractivity contribution in [2.75, 3.05) is 18.5 Å². The number of nitrogens with one attached hydrogen (secondary N) is 2. The molecule has 0 bridgehead atoms. The van der Waals surface area contributed by atoms with Crippen molar-refractivity contribution in [2.24, 2.45) is 0 Å². The van der Waals surface area contributed by atoms with E-state index < -0.39 is 0 Å². The molecule has 4 heteroatoms. The van der Waals surface area contributed by atoms with Crippen molar-refractivity contribution in [1.82, 2.24) is 9.97 Å². The summed E-state index contributed by atoms with van der Waals surface area (Å²) in [7, 11) is 0. The third kappa shape index (κ3) is 2.23. The highest BCUT2D eigenvalue weighted by Gasteiger charge is 2.02. The van der Waals surface area contributed by atoms with E-state index in [0.29, 0.717) is 12.5 Å². The molecule has 0 radical (unpaired) electrons. The highest BCUT2D eigenvalue weighted by molar-refractivity contribution is 5.26. The first-order chi connectivity index (χ1) is 5.74. The Labute approximate surface area is 72.0 Å². The van der Waals surface area contributed by atoms with E-state index in [2.05, 4.69) is 29.1 Å². The fourth-order valence-electron chi connectivity index (χ4n) is 0.893. The van der Waals surface area contributed by atoms with Crippen LogP contribution in [0.1, 0.15) is 25.5 Å². The van der Waals surface area contributed by atoms with Crippen molar-refractivity contribution in [2.45, 2.75) is 19.8 Å². The van der Waals surface area contributed by atoms with Crippen molar-refractivity contribution < 1.29 is 5.11 Å². The van der Waals surface area contributed by atoms with Crippen LogP contribution in [0, 0.1) is 0 Å². The summed E-state index contributed by atoms with van der Waals surface area (Å²) in [6.45, 7) is 4.86. The van der Waals surface area contributed by atoms with Crippen LogP contribution in [0.25, 0.3) is 0 Å². The zero-order chi connectivity index (χ0) is 8.97. The van der Waals surface area contributed by atoms with Crippen molar-refractivity contribution in [3.05, 3.63) is 11.9 Å². The summed E-state index contributed by atoms with van der Waals surface area (Å²) in [4.78, 5) is 7.21. The predicted octanol–water partition coefficient (Wildman–Crippen LogP) is 0.937. The molecule has 0 unspecified atom stereocenters. The van der Waals surface area contributed by atoms with Gasteiger partial charge in [-0.15, -0.1) is 0 Å². The van der Waals surface area contributed by atoms with Gasteiger partial charge in [0.05, 0.1) is 12.8 Å². The third-order valence-corrected chi connectivity index (χ3v) is 1.62. The number of hydrogen-bond acceptors (Lipinski definition) is 3. The lowest BCUT2D eigenvalue weighted by atomic mass is 10.2. The van der Waals surface area contributed by atoms with Gasteiger partial charge in [0.15, 0.2) is 5.95 Å². The summed E-state index contributed by atoms with van der Waals surface area (Å²) in [6.07, 6.45) is 1.81. The van der Waals surface area contributed by atoms with Gasteiger partial charge >= 0.3 is 0 Å². The van der Waals surface area contributed by atoms with Crippen molar-refractivity contribution in [3.8, 4) is 0 Å². The highest BCUT2D eigenvalue weighted by atomic mass is 16.3. The molecule has 0 saturated heterocycles. The van der Waals surface area contributed by atoms with E-state index in [4.69, 9.17) is 5.11 Å². The standard InChI is InChI=1S/C8H15N3O/c1-6(2)7-5-10-8(11-7)9-3-4-12/h5-6,12H,3-4H2,1-2H3,(H2,9,10,11). The van der Waals surface area contributed by atoms with Crippen LogP contribution in [0.5, 0.6) is 0 Å². The molecular weight excluding hydrogens is 154 g/mol. The maximum Gasteiger partial charge on any atom is 0.200 e. The minimum Gasteiger partial charge on any atom is -0.395 e. The molecule has 1 aromatic rings.